The van der Waals surface area contributed by atoms with Gasteiger partial charge in [0.15, 0.2) is 5.01 Å². The van der Waals surface area contributed by atoms with Crippen LogP contribution in [0.1, 0.15) is 30.5 Å². The van der Waals surface area contributed by atoms with Gasteiger partial charge in [0.2, 0.25) is 0 Å². The number of aromatic nitrogens is 4. The number of aryl methyl sites for hydroxylation is 1. The second-order valence-electron chi connectivity index (χ2n) is 4.38. The van der Waals surface area contributed by atoms with Crippen LogP contribution in [0.3, 0.4) is 0 Å². The summed E-state index contributed by atoms with van der Waals surface area (Å²) in [5.41, 5.74) is 1.03. The van der Waals surface area contributed by atoms with Crippen molar-refractivity contribution in [3.05, 3.63) is 10.7 Å². The molecule has 7 heteroatoms. The first-order valence-corrected chi connectivity index (χ1v) is 7.83. The minimum absolute atomic E-state index is 0.759. The van der Waals surface area contributed by atoms with Crippen LogP contribution in [-0.2, 0) is 12.8 Å². The lowest BCUT2D eigenvalue weighted by Gasteiger charge is -1.97. The summed E-state index contributed by atoms with van der Waals surface area (Å²) in [5, 5.41) is 18.1. The number of nitrogens with one attached hydrogen (secondary N) is 1. The summed E-state index contributed by atoms with van der Waals surface area (Å²) >= 11 is 3.07. The molecule has 0 aromatic carbocycles. The molecule has 1 fully saturated rings. The Morgan fingerprint density at radius 1 is 1.28 bits per heavy atom. The van der Waals surface area contributed by atoms with Crippen molar-refractivity contribution in [2.75, 3.05) is 6.54 Å². The van der Waals surface area contributed by atoms with E-state index in [-0.39, 0.29) is 0 Å². The first kappa shape index (κ1) is 12.1. The third-order valence-electron chi connectivity index (χ3n) is 2.90. The van der Waals surface area contributed by atoms with E-state index in [2.05, 4.69) is 32.0 Å². The first-order chi connectivity index (χ1) is 8.86. The number of rotatable bonds is 6. The predicted octanol–water partition coefficient (Wildman–Crippen LogP) is 1.91. The molecule has 0 radical (unpaired) electrons. The molecule has 0 bridgehead atoms. The van der Waals surface area contributed by atoms with E-state index >= 15 is 0 Å². The molecular formula is C11H15N5S2. The normalized spacial score (nSPS) is 15.2. The highest BCUT2D eigenvalue weighted by atomic mass is 32.1. The average molecular weight is 281 g/mol. The second-order valence-corrected chi connectivity index (χ2v) is 6.20. The maximum absolute atomic E-state index is 4.25. The van der Waals surface area contributed by atoms with Crippen molar-refractivity contribution in [3.8, 4) is 9.88 Å². The SMILES string of the molecule is CCc1nnsc1-c1nnc(CCNC2CC2)s1. The highest BCUT2D eigenvalue weighted by Gasteiger charge is 2.20. The van der Waals surface area contributed by atoms with Crippen LogP contribution in [0.5, 0.6) is 0 Å². The molecule has 5 nitrogen and oxygen atoms in total. The van der Waals surface area contributed by atoms with Crippen LogP contribution in [0.2, 0.25) is 0 Å². The van der Waals surface area contributed by atoms with Gasteiger partial charge in [0, 0.05) is 19.0 Å². The maximum atomic E-state index is 4.25. The molecule has 0 spiro atoms. The van der Waals surface area contributed by atoms with Crippen molar-refractivity contribution >= 4 is 22.9 Å². The standard InChI is InChI=1S/C11H15N5S2/c1-2-8-10(18-16-13-8)11-15-14-9(17-11)5-6-12-7-3-4-7/h7,12H,2-6H2,1H3. The summed E-state index contributed by atoms with van der Waals surface area (Å²) in [5.74, 6) is 0. The van der Waals surface area contributed by atoms with Gasteiger partial charge in [0.05, 0.1) is 5.69 Å². The fourth-order valence-corrected chi connectivity index (χ4v) is 3.39. The van der Waals surface area contributed by atoms with E-state index in [9.17, 15) is 0 Å². The first-order valence-electron chi connectivity index (χ1n) is 6.24. The molecule has 0 amide bonds. The van der Waals surface area contributed by atoms with Crippen LogP contribution in [0, 0.1) is 0 Å². The van der Waals surface area contributed by atoms with Crippen LogP contribution >= 0.6 is 22.9 Å². The molecule has 1 aliphatic carbocycles. The largest absolute Gasteiger partial charge is 0.314 e. The molecule has 0 atom stereocenters. The smallest absolute Gasteiger partial charge is 0.161 e. The van der Waals surface area contributed by atoms with Crippen LogP contribution in [0.15, 0.2) is 0 Å². The average Bonchev–Trinajstić information content (AvgIpc) is 2.92. The van der Waals surface area contributed by atoms with Gasteiger partial charge >= 0.3 is 0 Å². The van der Waals surface area contributed by atoms with E-state index in [0.717, 1.165) is 46.0 Å². The molecule has 2 aromatic heterocycles. The number of hydrogen-bond acceptors (Lipinski definition) is 7. The Morgan fingerprint density at radius 2 is 2.17 bits per heavy atom. The number of hydrogen-bond donors (Lipinski definition) is 1. The van der Waals surface area contributed by atoms with E-state index < -0.39 is 0 Å². The molecule has 96 valence electrons. The van der Waals surface area contributed by atoms with E-state index in [0.29, 0.717) is 0 Å². The van der Waals surface area contributed by atoms with Crippen molar-refractivity contribution in [2.45, 2.75) is 38.6 Å². The van der Waals surface area contributed by atoms with Gasteiger partial charge in [0.25, 0.3) is 0 Å². The van der Waals surface area contributed by atoms with Crippen molar-refractivity contribution in [1.29, 1.82) is 0 Å². The topological polar surface area (TPSA) is 63.6 Å². The second kappa shape index (κ2) is 5.38. The van der Waals surface area contributed by atoms with E-state index in [1.807, 2.05) is 0 Å². The molecule has 0 aliphatic heterocycles. The van der Waals surface area contributed by atoms with Crippen LogP contribution < -0.4 is 5.32 Å². The third-order valence-corrected chi connectivity index (χ3v) is 4.81. The Bertz CT molecular complexity index is 517. The quantitative estimate of drug-likeness (QED) is 0.876. The van der Waals surface area contributed by atoms with Gasteiger partial charge in [-0.3, -0.25) is 0 Å². The molecule has 2 heterocycles. The Hall–Kier alpha value is -0.920. The van der Waals surface area contributed by atoms with Gasteiger partial charge in [-0.2, -0.15) is 0 Å². The molecule has 1 saturated carbocycles. The molecular weight excluding hydrogens is 266 g/mol. The zero-order chi connectivity index (χ0) is 12.4. The summed E-state index contributed by atoms with van der Waals surface area (Å²) in [4.78, 5) is 1.08. The Kier molecular flexibility index (Phi) is 3.62. The maximum Gasteiger partial charge on any atom is 0.161 e. The van der Waals surface area contributed by atoms with Crippen molar-refractivity contribution in [2.24, 2.45) is 0 Å². The summed E-state index contributed by atoms with van der Waals surface area (Å²) < 4.78 is 3.99. The van der Waals surface area contributed by atoms with Crippen LogP contribution in [0.25, 0.3) is 9.88 Å². The minimum Gasteiger partial charge on any atom is -0.314 e. The minimum atomic E-state index is 0.759. The van der Waals surface area contributed by atoms with E-state index in [4.69, 9.17) is 0 Å². The lowest BCUT2D eigenvalue weighted by molar-refractivity contribution is 0.677. The summed E-state index contributed by atoms with van der Waals surface area (Å²) in [6.07, 6.45) is 4.51. The van der Waals surface area contributed by atoms with Crippen LogP contribution in [0.4, 0.5) is 0 Å². The summed E-state index contributed by atoms with van der Waals surface area (Å²) in [6.45, 7) is 3.09. The van der Waals surface area contributed by atoms with Gasteiger partial charge in [-0.05, 0) is 30.8 Å². The summed E-state index contributed by atoms with van der Waals surface area (Å²) in [6, 6.07) is 0.759. The van der Waals surface area contributed by atoms with Crippen LogP contribution in [-0.4, -0.2) is 32.4 Å². The van der Waals surface area contributed by atoms with Crippen molar-refractivity contribution in [1.82, 2.24) is 25.1 Å². The Balaban J connectivity index is 1.64. The Morgan fingerprint density at radius 3 is 2.94 bits per heavy atom. The van der Waals surface area contributed by atoms with Gasteiger partial charge < -0.3 is 5.32 Å². The fourth-order valence-electron chi connectivity index (χ4n) is 1.72. The number of nitrogens with zero attached hydrogens (tertiary/aromatic N) is 4. The van der Waals surface area contributed by atoms with E-state index in [1.165, 1.54) is 24.4 Å². The molecule has 0 saturated heterocycles. The summed E-state index contributed by atoms with van der Waals surface area (Å²) in [7, 11) is 0. The molecule has 18 heavy (non-hydrogen) atoms. The zero-order valence-electron chi connectivity index (χ0n) is 10.2. The molecule has 1 aliphatic rings. The van der Waals surface area contributed by atoms with Gasteiger partial charge in [0.1, 0.15) is 9.88 Å². The lowest BCUT2D eigenvalue weighted by Crippen LogP contribution is -2.19. The highest BCUT2D eigenvalue weighted by molar-refractivity contribution is 7.19. The highest BCUT2D eigenvalue weighted by Crippen LogP contribution is 2.29. The van der Waals surface area contributed by atoms with Gasteiger partial charge in [-0.15, -0.1) is 15.3 Å². The zero-order valence-corrected chi connectivity index (χ0v) is 11.9. The monoisotopic (exact) mass is 281 g/mol. The van der Waals surface area contributed by atoms with Gasteiger partial charge in [-0.1, -0.05) is 22.7 Å². The van der Waals surface area contributed by atoms with E-state index in [1.54, 1.807) is 11.3 Å². The van der Waals surface area contributed by atoms with Gasteiger partial charge in [-0.25, -0.2) is 0 Å². The molecule has 0 unspecified atom stereocenters. The molecule has 2 aromatic rings. The lowest BCUT2D eigenvalue weighted by atomic mass is 10.3. The Labute approximate surface area is 114 Å². The molecule has 3 rings (SSSR count). The van der Waals surface area contributed by atoms with Crippen molar-refractivity contribution in [3.63, 3.8) is 0 Å². The third kappa shape index (κ3) is 2.73. The fraction of sp³-hybridized carbons (Fsp3) is 0.636. The molecule has 1 N–H and O–H groups in total. The predicted molar refractivity (Wildman–Crippen MR) is 72.9 cm³/mol. The van der Waals surface area contributed by atoms with Crippen molar-refractivity contribution < 1.29 is 0 Å².